The van der Waals surface area contributed by atoms with Crippen molar-refractivity contribution < 1.29 is 32.3 Å². The summed E-state index contributed by atoms with van der Waals surface area (Å²) < 4.78 is 53.3. The van der Waals surface area contributed by atoms with Crippen LogP contribution in [0.5, 0.6) is 0 Å². The number of benzene rings is 2. The zero-order valence-electron chi connectivity index (χ0n) is 12.2. The van der Waals surface area contributed by atoms with Gasteiger partial charge in [0.15, 0.2) is 11.6 Å². The van der Waals surface area contributed by atoms with E-state index in [1.165, 1.54) is 19.1 Å². The molecular weight excluding hydrogens is 330 g/mol. The summed E-state index contributed by atoms with van der Waals surface area (Å²) in [6, 6.07) is 5.76. The van der Waals surface area contributed by atoms with Gasteiger partial charge in [-0.3, -0.25) is 4.79 Å². The normalized spacial score (nSPS) is 11.2. The lowest BCUT2D eigenvalue weighted by Crippen LogP contribution is -2.27. The molecule has 0 radical (unpaired) electrons. The summed E-state index contributed by atoms with van der Waals surface area (Å²) in [5.74, 6) is -9.67. The van der Waals surface area contributed by atoms with Crippen LogP contribution < -0.4 is 5.32 Å². The number of hydrogen-bond acceptors (Lipinski definition) is 2. The number of anilines is 1. The Bertz CT molecular complexity index is 821. The molecule has 0 aliphatic carbocycles. The number of alkyl halides is 2. The summed E-state index contributed by atoms with van der Waals surface area (Å²) in [5, 5.41) is 10.8. The topological polar surface area (TPSA) is 66.4 Å². The van der Waals surface area contributed by atoms with Crippen molar-refractivity contribution in [1.82, 2.24) is 0 Å². The Kier molecular flexibility index (Phi) is 4.59. The molecule has 0 atom stereocenters. The molecule has 24 heavy (non-hydrogen) atoms. The molecule has 0 aliphatic heterocycles. The van der Waals surface area contributed by atoms with Crippen LogP contribution in [0.15, 0.2) is 36.4 Å². The Morgan fingerprint density at radius 2 is 1.71 bits per heavy atom. The number of aryl methyl sites for hydroxylation is 1. The van der Waals surface area contributed by atoms with E-state index in [1.54, 1.807) is 0 Å². The minimum atomic E-state index is -4.16. The van der Waals surface area contributed by atoms with Gasteiger partial charge in [-0.1, -0.05) is 6.07 Å². The van der Waals surface area contributed by atoms with E-state index in [4.69, 9.17) is 5.11 Å². The van der Waals surface area contributed by atoms with Gasteiger partial charge < -0.3 is 10.4 Å². The van der Waals surface area contributed by atoms with Crippen LogP contribution in [0.4, 0.5) is 23.2 Å². The first-order valence-corrected chi connectivity index (χ1v) is 6.61. The highest BCUT2D eigenvalue weighted by molar-refractivity contribution is 6.04. The first kappa shape index (κ1) is 17.5. The van der Waals surface area contributed by atoms with E-state index in [0.29, 0.717) is 0 Å². The third-order valence-electron chi connectivity index (χ3n) is 3.28. The number of carboxylic acids is 1. The van der Waals surface area contributed by atoms with Gasteiger partial charge in [-0.2, -0.15) is 8.78 Å². The number of hydrogen-bond donors (Lipinski definition) is 2. The number of carbonyl (C=O) groups excluding carboxylic acids is 1. The monoisotopic (exact) mass is 341 g/mol. The van der Waals surface area contributed by atoms with E-state index in [0.717, 1.165) is 24.3 Å². The molecular formula is C16H11F4NO3. The minimum Gasteiger partial charge on any atom is -0.477 e. The van der Waals surface area contributed by atoms with E-state index >= 15 is 0 Å². The number of aliphatic carboxylic acids is 1. The van der Waals surface area contributed by atoms with Gasteiger partial charge in [0, 0.05) is 22.9 Å². The second-order valence-electron chi connectivity index (χ2n) is 4.99. The van der Waals surface area contributed by atoms with E-state index in [-0.39, 0.29) is 16.8 Å². The third kappa shape index (κ3) is 3.37. The zero-order chi connectivity index (χ0) is 18.1. The lowest BCUT2D eigenvalue weighted by molar-refractivity contribution is -0.166. The van der Waals surface area contributed by atoms with Crippen molar-refractivity contribution in [2.24, 2.45) is 0 Å². The predicted octanol–water partition coefficient (Wildman–Crippen LogP) is 3.70. The van der Waals surface area contributed by atoms with Crippen LogP contribution in [0.2, 0.25) is 0 Å². The predicted molar refractivity (Wildman–Crippen MR) is 77.0 cm³/mol. The molecule has 0 aromatic heterocycles. The van der Waals surface area contributed by atoms with Crippen molar-refractivity contribution in [2.75, 3.05) is 5.32 Å². The van der Waals surface area contributed by atoms with Crippen molar-refractivity contribution in [2.45, 2.75) is 12.8 Å². The first-order valence-electron chi connectivity index (χ1n) is 6.61. The number of rotatable bonds is 4. The van der Waals surface area contributed by atoms with Crippen molar-refractivity contribution in [1.29, 1.82) is 0 Å². The highest BCUT2D eigenvalue weighted by Crippen LogP contribution is 2.31. The SMILES string of the molecule is Cc1ccc(C(=O)Nc2ccc(F)c(F)c2)cc1C(F)(F)C(=O)O. The standard InChI is InChI=1S/C16H11F4NO3/c1-8-2-3-9(6-11(8)16(19,20)15(23)24)14(22)21-10-4-5-12(17)13(18)7-10/h2-7H,1H3,(H,21,22)(H,23,24). The Balaban J connectivity index is 2.33. The van der Waals surface area contributed by atoms with Crippen molar-refractivity contribution in [3.8, 4) is 0 Å². The molecule has 4 nitrogen and oxygen atoms in total. The Labute approximate surface area is 133 Å². The van der Waals surface area contributed by atoms with E-state index in [9.17, 15) is 27.2 Å². The maximum absolute atomic E-state index is 13.7. The van der Waals surface area contributed by atoms with E-state index in [1.807, 2.05) is 0 Å². The van der Waals surface area contributed by atoms with Crippen LogP contribution in [0, 0.1) is 18.6 Å². The summed E-state index contributed by atoms with van der Waals surface area (Å²) in [4.78, 5) is 22.7. The highest BCUT2D eigenvalue weighted by atomic mass is 19.3. The van der Waals surface area contributed by atoms with Crippen LogP contribution in [0.25, 0.3) is 0 Å². The fourth-order valence-corrected chi connectivity index (χ4v) is 1.99. The molecule has 2 rings (SSSR count). The van der Waals surface area contributed by atoms with Gasteiger partial charge in [-0.15, -0.1) is 0 Å². The summed E-state index contributed by atoms with van der Waals surface area (Å²) in [6.45, 7) is 1.28. The maximum atomic E-state index is 13.7. The molecule has 0 aliphatic rings. The van der Waals surface area contributed by atoms with Crippen LogP contribution in [-0.4, -0.2) is 17.0 Å². The lowest BCUT2D eigenvalue weighted by atomic mass is 9.99. The number of carboxylic acid groups (broad SMARTS) is 1. The molecule has 2 aromatic rings. The van der Waals surface area contributed by atoms with Crippen LogP contribution in [0.1, 0.15) is 21.5 Å². The third-order valence-corrected chi connectivity index (χ3v) is 3.28. The molecule has 2 N–H and O–H groups in total. The van der Waals surface area contributed by atoms with Gasteiger partial charge in [-0.05, 0) is 36.8 Å². The number of carbonyl (C=O) groups is 2. The van der Waals surface area contributed by atoms with Crippen LogP contribution in [-0.2, 0) is 10.7 Å². The van der Waals surface area contributed by atoms with Crippen LogP contribution >= 0.6 is 0 Å². The van der Waals surface area contributed by atoms with Crippen molar-refractivity contribution >= 4 is 17.6 Å². The highest BCUT2D eigenvalue weighted by Gasteiger charge is 2.42. The Morgan fingerprint density at radius 3 is 2.29 bits per heavy atom. The summed E-state index contributed by atoms with van der Waals surface area (Å²) in [5.41, 5.74) is -1.16. The van der Waals surface area contributed by atoms with Gasteiger partial charge in [0.2, 0.25) is 0 Å². The van der Waals surface area contributed by atoms with Crippen molar-refractivity contribution in [3.05, 3.63) is 64.7 Å². The minimum absolute atomic E-state index is 0.00761. The molecule has 0 spiro atoms. The largest absolute Gasteiger partial charge is 0.477 e. The van der Waals surface area contributed by atoms with Gasteiger partial charge in [-0.25, -0.2) is 13.6 Å². The van der Waals surface area contributed by atoms with Crippen LogP contribution in [0.3, 0.4) is 0 Å². The summed E-state index contributed by atoms with van der Waals surface area (Å²) in [7, 11) is 0. The van der Waals surface area contributed by atoms with Gasteiger partial charge in [0.05, 0.1) is 0 Å². The maximum Gasteiger partial charge on any atom is 0.379 e. The van der Waals surface area contributed by atoms with Crippen molar-refractivity contribution in [3.63, 3.8) is 0 Å². The number of nitrogens with one attached hydrogen (secondary N) is 1. The van der Waals surface area contributed by atoms with Gasteiger partial charge >= 0.3 is 11.9 Å². The second-order valence-corrected chi connectivity index (χ2v) is 4.99. The average molecular weight is 341 g/mol. The molecule has 0 saturated carbocycles. The number of halogens is 4. The van der Waals surface area contributed by atoms with E-state index in [2.05, 4.69) is 5.32 Å². The Morgan fingerprint density at radius 1 is 1.04 bits per heavy atom. The fourth-order valence-electron chi connectivity index (χ4n) is 1.99. The zero-order valence-corrected chi connectivity index (χ0v) is 12.2. The van der Waals surface area contributed by atoms with Gasteiger partial charge in [0.1, 0.15) is 0 Å². The first-order chi connectivity index (χ1) is 11.1. The molecule has 0 unspecified atom stereocenters. The summed E-state index contributed by atoms with van der Waals surface area (Å²) in [6.07, 6.45) is 0. The van der Waals surface area contributed by atoms with Gasteiger partial charge in [0.25, 0.3) is 5.91 Å². The lowest BCUT2D eigenvalue weighted by Gasteiger charge is -2.15. The Hall–Kier alpha value is -2.90. The van der Waals surface area contributed by atoms with E-state index < -0.39 is 35.0 Å². The molecule has 1 amide bonds. The molecule has 0 bridgehead atoms. The molecule has 2 aromatic carbocycles. The molecule has 126 valence electrons. The quantitative estimate of drug-likeness (QED) is 0.834. The second kappa shape index (κ2) is 6.31. The smallest absolute Gasteiger partial charge is 0.379 e. The molecule has 0 saturated heterocycles. The fraction of sp³-hybridized carbons (Fsp3) is 0.125. The molecule has 0 heterocycles. The molecule has 8 heteroatoms. The molecule has 0 fully saturated rings. The number of amides is 1. The average Bonchev–Trinajstić information content (AvgIpc) is 2.51. The summed E-state index contributed by atoms with van der Waals surface area (Å²) >= 11 is 0.